The summed E-state index contributed by atoms with van der Waals surface area (Å²) in [7, 11) is 0. The van der Waals surface area contributed by atoms with Crippen LogP contribution in [-0.4, -0.2) is 29.2 Å². The molecule has 1 aromatic rings. The number of hydrogen-bond acceptors (Lipinski definition) is 3. The van der Waals surface area contributed by atoms with Crippen LogP contribution < -0.4 is 5.73 Å². The first-order valence-corrected chi connectivity index (χ1v) is 6.59. The maximum absolute atomic E-state index is 13.0. The van der Waals surface area contributed by atoms with Crippen LogP contribution in [0.2, 0.25) is 0 Å². The van der Waals surface area contributed by atoms with Gasteiger partial charge in [-0.25, -0.2) is 4.39 Å². The maximum atomic E-state index is 13.0. The predicted octanol–water partition coefficient (Wildman–Crippen LogP) is 2.14. The lowest BCUT2D eigenvalue weighted by atomic mass is 9.91. The van der Waals surface area contributed by atoms with E-state index in [1.165, 1.54) is 31.4 Å². The normalized spacial score (nSPS) is 15.9. The fraction of sp³-hybridized carbons (Fsp3) is 0.571. The zero-order valence-electron chi connectivity index (χ0n) is 10.6. The summed E-state index contributed by atoms with van der Waals surface area (Å²) in [5.74, 6) is -0.290. The van der Waals surface area contributed by atoms with Crippen molar-refractivity contribution in [2.75, 3.05) is 18.9 Å². The number of anilines is 1. The summed E-state index contributed by atoms with van der Waals surface area (Å²) < 4.78 is 13.0. The van der Waals surface area contributed by atoms with Crippen LogP contribution in [0.5, 0.6) is 0 Å². The third-order valence-electron chi connectivity index (χ3n) is 3.68. The summed E-state index contributed by atoms with van der Waals surface area (Å²) in [6.45, 7) is 1.83. The fourth-order valence-electron chi connectivity index (χ4n) is 2.34. The third-order valence-corrected chi connectivity index (χ3v) is 3.68. The Kier molecular flexibility index (Phi) is 4.55. The number of nitrogen functional groups attached to an aromatic ring is 1. The summed E-state index contributed by atoms with van der Waals surface area (Å²) in [5.41, 5.74) is 7.33. The second kappa shape index (κ2) is 6.16. The molecule has 0 unspecified atom stereocenters. The molecular weight excluding hydrogens is 231 g/mol. The lowest BCUT2D eigenvalue weighted by Gasteiger charge is -2.37. The molecule has 1 aliphatic rings. The quantitative estimate of drug-likeness (QED) is 0.763. The van der Waals surface area contributed by atoms with Crippen molar-refractivity contribution in [1.82, 2.24) is 4.90 Å². The minimum absolute atomic E-state index is 0.210. The van der Waals surface area contributed by atoms with Gasteiger partial charge in [-0.05, 0) is 37.0 Å². The molecule has 0 amide bonds. The number of aliphatic hydroxyl groups excluding tert-OH is 1. The SMILES string of the molecule is Nc1cc(F)ccc1CN(CCCO)C1CCC1. The second-order valence-corrected chi connectivity index (χ2v) is 4.98. The van der Waals surface area contributed by atoms with Gasteiger partial charge in [0.05, 0.1) is 0 Å². The third kappa shape index (κ3) is 3.21. The molecule has 0 bridgehead atoms. The molecule has 1 aliphatic carbocycles. The Morgan fingerprint density at radius 3 is 2.72 bits per heavy atom. The lowest BCUT2D eigenvalue weighted by Crippen LogP contribution is -2.40. The monoisotopic (exact) mass is 252 g/mol. The Bertz CT molecular complexity index is 393. The first kappa shape index (κ1) is 13.3. The number of benzene rings is 1. The highest BCUT2D eigenvalue weighted by atomic mass is 19.1. The number of hydrogen-bond donors (Lipinski definition) is 2. The molecule has 3 nitrogen and oxygen atoms in total. The van der Waals surface area contributed by atoms with Crippen molar-refractivity contribution in [3.05, 3.63) is 29.6 Å². The molecule has 0 saturated heterocycles. The Morgan fingerprint density at radius 2 is 2.17 bits per heavy atom. The Morgan fingerprint density at radius 1 is 1.39 bits per heavy atom. The zero-order valence-corrected chi connectivity index (χ0v) is 10.6. The molecule has 3 N–H and O–H groups in total. The molecule has 1 aromatic carbocycles. The summed E-state index contributed by atoms with van der Waals surface area (Å²) >= 11 is 0. The molecule has 0 atom stereocenters. The minimum atomic E-state index is -0.290. The van der Waals surface area contributed by atoms with Crippen LogP contribution in [0.4, 0.5) is 10.1 Å². The molecule has 1 saturated carbocycles. The Balaban J connectivity index is 2.02. The van der Waals surface area contributed by atoms with Crippen molar-refractivity contribution in [3.63, 3.8) is 0 Å². The van der Waals surface area contributed by atoms with Crippen LogP contribution in [0.3, 0.4) is 0 Å². The molecule has 0 aliphatic heterocycles. The Labute approximate surface area is 107 Å². The maximum Gasteiger partial charge on any atom is 0.125 e. The van der Waals surface area contributed by atoms with Crippen LogP contribution in [0, 0.1) is 5.82 Å². The van der Waals surface area contributed by atoms with Gasteiger partial charge < -0.3 is 10.8 Å². The highest BCUT2D eigenvalue weighted by Crippen LogP contribution is 2.27. The highest BCUT2D eigenvalue weighted by molar-refractivity contribution is 5.46. The van der Waals surface area contributed by atoms with Gasteiger partial charge >= 0.3 is 0 Å². The van der Waals surface area contributed by atoms with Gasteiger partial charge in [0.25, 0.3) is 0 Å². The first-order valence-electron chi connectivity index (χ1n) is 6.59. The minimum Gasteiger partial charge on any atom is -0.398 e. The molecular formula is C14H21FN2O. The van der Waals surface area contributed by atoms with E-state index in [4.69, 9.17) is 10.8 Å². The molecule has 0 heterocycles. The van der Waals surface area contributed by atoms with Crippen LogP contribution in [0.1, 0.15) is 31.2 Å². The zero-order chi connectivity index (χ0) is 13.0. The van der Waals surface area contributed by atoms with Crippen LogP contribution in [0.25, 0.3) is 0 Å². The largest absolute Gasteiger partial charge is 0.398 e. The van der Waals surface area contributed by atoms with Crippen LogP contribution in [-0.2, 0) is 6.54 Å². The van der Waals surface area contributed by atoms with Gasteiger partial charge in [-0.1, -0.05) is 12.5 Å². The van der Waals surface area contributed by atoms with Gasteiger partial charge in [0.1, 0.15) is 5.82 Å². The summed E-state index contributed by atoms with van der Waals surface area (Å²) in [6, 6.07) is 5.19. The van der Waals surface area contributed by atoms with E-state index in [1.54, 1.807) is 6.07 Å². The Hall–Kier alpha value is -1.13. The predicted molar refractivity (Wildman–Crippen MR) is 70.6 cm³/mol. The average Bonchev–Trinajstić information content (AvgIpc) is 2.27. The molecule has 18 heavy (non-hydrogen) atoms. The van der Waals surface area contributed by atoms with E-state index in [0.717, 1.165) is 25.1 Å². The fourth-order valence-corrected chi connectivity index (χ4v) is 2.34. The van der Waals surface area contributed by atoms with E-state index in [0.29, 0.717) is 11.7 Å². The van der Waals surface area contributed by atoms with Gasteiger partial charge in [0, 0.05) is 31.4 Å². The van der Waals surface area contributed by atoms with Gasteiger partial charge in [-0.2, -0.15) is 0 Å². The van der Waals surface area contributed by atoms with Gasteiger partial charge in [-0.3, -0.25) is 4.90 Å². The van der Waals surface area contributed by atoms with Crippen molar-refractivity contribution in [3.8, 4) is 0 Å². The number of halogens is 1. The van der Waals surface area contributed by atoms with E-state index in [2.05, 4.69) is 4.90 Å². The van der Waals surface area contributed by atoms with Crippen molar-refractivity contribution >= 4 is 5.69 Å². The standard InChI is InChI=1S/C14H21FN2O/c15-12-6-5-11(14(16)9-12)10-17(7-2-8-18)13-3-1-4-13/h5-6,9,13,18H,1-4,7-8,10,16H2. The molecule has 1 fully saturated rings. The summed E-state index contributed by atoms with van der Waals surface area (Å²) in [4.78, 5) is 2.35. The number of aliphatic hydroxyl groups is 1. The van der Waals surface area contributed by atoms with Crippen LogP contribution >= 0.6 is 0 Å². The van der Waals surface area contributed by atoms with Crippen molar-refractivity contribution in [2.45, 2.75) is 38.3 Å². The second-order valence-electron chi connectivity index (χ2n) is 4.98. The first-order chi connectivity index (χ1) is 8.70. The smallest absolute Gasteiger partial charge is 0.125 e. The number of nitrogens with two attached hydrogens (primary N) is 1. The van der Waals surface area contributed by atoms with Gasteiger partial charge in [0.15, 0.2) is 0 Å². The molecule has 2 rings (SSSR count). The molecule has 0 aromatic heterocycles. The van der Waals surface area contributed by atoms with E-state index in [-0.39, 0.29) is 12.4 Å². The lowest BCUT2D eigenvalue weighted by molar-refractivity contribution is 0.109. The van der Waals surface area contributed by atoms with E-state index in [9.17, 15) is 4.39 Å². The molecule has 0 spiro atoms. The van der Waals surface area contributed by atoms with E-state index >= 15 is 0 Å². The van der Waals surface area contributed by atoms with Crippen molar-refractivity contribution in [1.29, 1.82) is 0 Å². The van der Waals surface area contributed by atoms with Crippen molar-refractivity contribution < 1.29 is 9.50 Å². The van der Waals surface area contributed by atoms with E-state index < -0.39 is 0 Å². The molecule has 100 valence electrons. The highest BCUT2D eigenvalue weighted by Gasteiger charge is 2.24. The molecule has 0 radical (unpaired) electrons. The van der Waals surface area contributed by atoms with Crippen molar-refractivity contribution in [2.24, 2.45) is 0 Å². The summed E-state index contributed by atoms with van der Waals surface area (Å²) in [5, 5.41) is 8.94. The topological polar surface area (TPSA) is 49.5 Å². The summed E-state index contributed by atoms with van der Waals surface area (Å²) in [6.07, 6.45) is 4.48. The van der Waals surface area contributed by atoms with E-state index in [1.807, 2.05) is 0 Å². The van der Waals surface area contributed by atoms with Crippen LogP contribution in [0.15, 0.2) is 18.2 Å². The molecule has 4 heteroatoms. The van der Waals surface area contributed by atoms with Gasteiger partial charge in [-0.15, -0.1) is 0 Å². The number of rotatable bonds is 6. The van der Waals surface area contributed by atoms with Gasteiger partial charge in [0.2, 0.25) is 0 Å². The number of nitrogens with zero attached hydrogens (tertiary/aromatic N) is 1. The average molecular weight is 252 g/mol.